The molecule has 0 bridgehead atoms. The smallest absolute Gasteiger partial charge is 0.311 e. The van der Waals surface area contributed by atoms with Gasteiger partial charge in [-0.05, 0) is 25.2 Å². The molecule has 2 aliphatic heterocycles. The van der Waals surface area contributed by atoms with Gasteiger partial charge in [-0.2, -0.15) is 0 Å². The van der Waals surface area contributed by atoms with Gasteiger partial charge in [-0.1, -0.05) is 24.3 Å². The lowest BCUT2D eigenvalue weighted by molar-refractivity contribution is 0.0148. The topological polar surface area (TPSA) is 74.9 Å². The van der Waals surface area contributed by atoms with E-state index in [9.17, 15) is 9.18 Å². The van der Waals surface area contributed by atoms with Crippen LogP contribution < -0.4 is 4.74 Å². The number of aromatic nitrogens is 2. The van der Waals surface area contributed by atoms with E-state index in [1.54, 1.807) is 17.0 Å². The summed E-state index contributed by atoms with van der Waals surface area (Å²) in [5, 5.41) is 7.83. The molecule has 0 spiro atoms. The van der Waals surface area contributed by atoms with Crippen molar-refractivity contribution >= 4 is 5.91 Å². The summed E-state index contributed by atoms with van der Waals surface area (Å²) in [5.74, 6) is 0.123. The molecule has 1 aromatic heterocycles. The molecule has 0 aliphatic carbocycles. The van der Waals surface area contributed by atoms with Crippen LogP contribution in [0.3, 0.4) is 0 Å². The number of hydrogen-bond donors (Lipinski definition) is 0. The summed E-state index contributed by atoms with van der Waals surface area (Å²) in [6.07, 6.45) is -0.201. The van der Waals surface area contributed by atoms with Crippen LogP contribution in [-0.2, 0) is 6.54 Å². The minimum absolute atomic E-state index is 0.0494. The summed E-state index contributed by atoms with van der Waals surface area (Å²) in [7, 11) is 2.10. The summed E-state index contributed by atoms with van der Waals surface area (Å²) in [5.41, 5.74) is 1.43. The zero-order valence-corrected chi connectivity index (χ0v) is 18.5. The first kappa shape index (κ1) is 21.5. The Labute approximate surface area is 191 Å². The van der Waals surface area contributed by atoms with Crippen molar-refractivity contribution in [2.24, 2.45) is 0 Å². The first-order valence-electron chi connectivity index (χ1n) is 11.1. The predicted octanol–water partition coefficient (Wildman–Crippen LogP) is 2.53. The van der Waals surface area contributed by atoms with Crippen molar-refractivity contribution < 1.29 is 18.3 Å². The van der Waals surface area contributed by atoms with Crippen molar-refractivity contribution in [3.8, 4) is 17.2 Å². The van der Waals surface area contributed by atoms with Crippen LogP contribution in [0.1, 0.15) is 16.2 Å². The molecule has 0 radical (unpaired) electrons. The Bertz CT molecular complexity index is 1110. The average Bonchev–Trinajstić information content (AvgIpc) is 3.30. The maximum Gasteiger partial charge on any atom is 0.311 e. The molecule has 172 valence electrons. The second-order valence-corrected chi connectivity index (χ2v) is 8.56. The van der Waals surface area contributed by atoms with Crippen LogP contribution >= 0.6 is 0 Å². The van der Waals surface area contributed by atoms with Crippen molar-refractivity contribution in [1.82, 2.24) is 24.9 Å². The van der Waals surface area contributed by atoms with E-state index in [-0.39, 0.29) is 23.7 Å². The van der Waals surface area contributed by atoms with Crippen molar-refractivity contribution in [2.45, 2.75) is 12.6 Å². The van der Waals surface area contributed by atoms with Gasteiger partial charge in [0.05, 0.1) is 13.1 Å². The van der Waals surface area contributed by atoms with Gasteiger partial charge in [0.2, 0.25) is 5.89 Å². The minimum Gasteiger partial charge on any atom is -0.487 e. The summed E-state index contributed by atoms with van der Waals surface area (Å²) < 4.78 is 26.0. The van der Waals surface area contributed by atoms with E-state index < -0.39 is 0 Å². The van der Waals surface area contributed by atoms with Gasteiger partial charge in [0, 0.05) is 49.9 Å². The zero-order chi connectivity index (χ0) is 22.8. The molecule has 0 unspecified atom stereocenters. The number of carbonyl (C=O) groups is 1. The fourth-order valence-corrected chi connectivity index (χ4v) is 3.99. The highest BCUT2D eigenvalue weighted by Crippen LogP contribution is 2.24. The maximum absolute atomic E-state index is 14.6. The first-order chi connectivity index (χ1) is 16.0. The van der Waals surface area contributed by atoms with Crippen LogP contribution in [0.15, 0.2) is 52.9 Å². The Hall–Kier alpha value is -3.30. The molecular weight excluding hydrogens is 425 g/mol. The lowest BCUT2D eigenvalue weighted by Gasteiger charge is -2.38. The Morgan fingerprint density at radius 1 is 1.09 bits per heavy atom. The van der Waals surface area contributed by atoms with Gasteiger partial charge < -0.3 is 19.0 Å². The first-order valence-corrected chi connectivity index (χ1v) is 11.1. The number of likely N-dealkylation sites (N-methyl/N-ethyl adjacent to an activating group) is 1. The Balaban J connectivity index is 1.13. The maximum atomic E-state index is 14.6. The number of piperazine rings is 1. The van der Waals surface area contributed by atoms with Gasteiger partial charge in [-0.15, -0.1) is 10.2 Å². The number of rotatable bonds is 6. The highest BCUT2D eigenvalue weighted by Gasteiger charge is 2.35. The van der Waals surface area contributed by atoms with Crippen molar-refractivity contribution in [3.05, 3.63) is 65.8 Å². The molecule has 3 aromatic rings. The van der Waals surface area contributed by atoms with Gasteiger partial charge in [-0.3, -0.25) is 9.69 Å². The Kier molecular flexibility index (Phi) is 6.06. The number of carbonyl (C=O) groups excluding carboxylic acids is 1. The lowest BCUT2D eigenvalue weighted by atomic mass is 10.1. The molecule has 0 atom stereocenters. The average molecular weight is 452 g/mol. The third-order valence-corrected chi connectivity index (χ3v) is 6.08. The molecule has 9 heteroatoms. The number of ether oxygens (including phenoxy) is 1. The largest absolute Gasteiger partial charge is 0.487 e. The quantitative estimate of drug-likeness (QED) is 0.570. The zero-order valence-electron chi connectivity index (χ0n) is 18.5. The van der Waals surface area contributed by atoms with Gasteiger partial charge in [0.15, 0.2) is 0 Å². The standard InChI is InChI=1S/C24H26FN5O3/c1-28-9-11-29(12-10-28)14-18-7-8-19(13-21(18)25)32-20-15-30(16-20)24(31)23-27-26-22(33-23)17-5-3-2-4-6-17/h2-8,13,20H,9-12,14-16H2,1H3. The summed E-state index contributed by atoms with van der Waals surface area (Å²) in [6, 6.07) is 14.3. The Morgan fingerprint density at radius 3 is 2.58 bits per heavy atom. The van der Waals surface area contributed by atoms with Crippen molar-refractivity contribution in [2.75, 3.05) is 46.3 Å². The summed E-state index contributed by atoms with van der Waals surface area (Å²) in [6.45, 7) is 5.23. The number of benzene rings is 2. The van der Waals surface area contributed by atoms with E-state index in [4.69, 9.17) is 9.15 Å². The summed E-state index contributed by atoms with van der Waals surface area (Å²) >= 11 is 0. The van der Waals surface area contributed by atoms with Crippen LogP contribution in [0, 0.1) is 5.82 Å². The normalized spacial score (nSPS) is 17.7. The monoisotopic (exact) mass is 451 g/mol. The second kappa shape index (κ2) is 9.29. The fraction of sp³-hybridized carbons (Fsp3) is 0.375. The van der Waals surface area contributed by atoms with Gasteiger partial charge in [0.25, 0.3) is 0 Å². The van der Waals surface area contributed by atoms with Gasteiger partial charge >= 0.3 is 11.8 Å². The molecule has 2 aliphatic rings. The number of halogens is 1. The predicted molar refractivity (Wildman–Crippen MR) is 119 cm³/mol. The van der Waals surface area contributed by atoms with Gasteiger partial charge in [0.1, 0.15) is 17.7 Å². The van der Waals surface area contributed by atoms with Crippen LogP contribution in [0.25, 0.3) is 11.5 Å². The van der Waals surface area contributed by atoms with E-state index in [1.165, 1.54) is 6.07 Å². The minimum atomic E-state index is -0.335. The molecular formula is C24H26FN5O3. The molecule has 1 amide bonds. The second-order valence-electron chi connectivity index (χ2n) is 8.56. The molecule has 2 saturated heterocycles. The highest BCUT2D eigenvalue weighted by molar-refractivity contribution is 5.90. The van der Waals surface area contributed by atoms with E-state index in [2.05, 4.69) is 27.0 Å². The van der Waals surface area contributed by atoms with Gasteiger partial charge in [-0.25, -0.2) is 4.39 Å². The number of nitrogens with zero attached hydrogens (tertiary/aromatic N) is 5. The van der Waals surface area contributed by atoms with Crippen LogP contribution in [0.2, 0.25) is 0 Å². The van der Waals surface area contributed by atoms with Crippen LogP contribution in [-0.4, -0.2) is 83.2 Å². The van der Waals surface area contributed by atoms with Crippen molar-refractivity contribution in [1.29, 1.82) is 0 Å². The molecule has 33 heavy (non-hydrogen) atoms. The summed E-state index contributed by atoms with van der Waals surface area (Å²) in [4.78, 5) is 18.7. The lowest BCUT2D eigenvalue weighted by Crippen LogP contribution is -2.56. The molecule has 2 fully saturated rings. The number of likely N-dealkylation sites (tertiary alicyclic amines) is 1. The number of amides is 1. The molecule has 5 rings (SSSR count). The van der Waals surface area contributed by atoms with Crippen molar-refractivity contribution in [3.63, 3.8) is 0 Å². The van der Waals surface area contributed by atoms with E-state index in [0.717, 1.165) is 31.7 Å². The van der Waals surface area contributed by atoms with E-state index in [0.29, 0.717) is 36.8 Å². The fourth-order valence-electron chi connectivity index (χ4n) is 3.99. The number of hydrogen-bond acceptors (Lipinski definition) is 7. The van der Waals surface area contributed by atoms with Crippen LogP contribution in [0.5, 0.6) is 5.75 Å². The third kappa shape index (κ3) is 4.89. The third-order valence-electron chi connectivity index (χ3n) is 6.08. The molecule has 2 aromatic carbocycles. The molecule has 0 saturated carbocycles. The Morgan fingerprint density at radius 2 is 1.85 bits per heavy atom. The molecule has 3 heterocycles. The molecule has 0 N–H and O–H groups in total. The van der Waals surface area contributed by atoms with E-state index in [1.807, 2.05) is 30.3 Å². The van der Waals surface area contributed by atoms with Crippen LogP contribution in [0.4, 0.5) is 4.39 Å². The SMILES string of the molecule is CN1CCN(Cc2ccc(OC3CN(C(=O)c4nnc(-c5ccccc5)o4)C3)cc2F)CC1. The molecule has 8 nitrogen and oxygen atoms in total. The van der Waals surface area contributed by atoms with E-state index >= 15 is 0 Å². The highest BCUT2D eigenvalue weighted by atomic mass is 19.1.